The van der Waals surface area contributed by atoms with Gasteiger partial charge in [0, 0.05) is 37.9 Å². The topological polar surface area (TPSA) is 27.3 Å². The average molecular weight is 219 g/mol. The molecular weight excluding hydrogens is 198 g/mol. The molecule has 1 aliphatic rings. The molecule has 0 aromatic heterocycles. The third-order valence-electron chi connectivity index (χ3n) is 3.06. The lowest BCUT2D eigenvalue weighted by Gasteiger charge is -2.31. The summed E-state index contributed by atoms with van der Waals surface area (Å²) in [5, 5.41) is 7.00. The predicted molar refractivity (Wildman–Crippen MR) is 69.0 cm³/mol. The number of anilines is 1. The smallest absolute Gasteiger partial charge is 0.0369 e. The number of aryl methyl sites for hydroxylation is 1. The van der Waals surface area contributed by atoms with Gasteiger partial charge in [0.05, 0.1) is 0 Å². The SMILES string of the molecule is Cc1ccc(NCC2CN(C)CCN2)cc1. The summed E-state index contributed by atoms with van der Waals surface area (Å²) < 4.78 is 0. The summed E-state index contributed by atoms with van der Waals surface area (Å²) in [6.07, 6.45) is 0. The Bertz CT molecular complexity index is 320. The van der Waals surface area contributed by atoms with Crippen LogP contribution in [0.15, 0.2) is 24.3 Å². The van der Waals surface area contributed by atoms with Crippen molar-refractivity contribution < 1.29 is 0 Å². The number of piperazine rings is 1. The maximum Gasteiger partial charge on any atom is 0.0369 e. The van der Waals surface area contributed by atoms with Gasteiger partial charge in [-0.05, 0) is 26.1 Å². The second-order valence-electron chi connectivity index (χ2n) is 4.66. The first-order valence-electron chi connectivity index (χ1n) is 5.96. The number of likely N-dealkylation sites (N-methyl/N-ethyl adjacent to an activating group) is 1. The lowest BCUT2D eigenvalue weighted by molar-refractivity contribution is 0.244. The van der Waals surface area contributed by atoms with Gasteiger partial charge in [-0.3, -0.25) is 0 Å². The zero-order valence-electron chi connectivity index (χ0n) is 10.2. The minimum Gasteiger partial charge on any atom is -0.383 e. The van der Waals surface area contributed by atoms with Crippen molar-refractivity contribution in [3.05, 3.63) is 29.8 Å². The van der Waals surface area contributed by atoms with Crippen LogP contribution in [0, 0.1) is 6.92 Å². The largest absolute Gasteiger partial charge is 0.383 e. The third-order valence-corrected chi connectivity index (χ3v) is 3.06. The Labute approximate surface area is 97.8 Å². The highest BCUT2D eigenvalue weighted by molar-refractivity contribution is 5.44. The lowest BCUT2D eigenvalue weighted by Crippen LogP contribution is -2.51. The van der Waals surface area contributed by atoms with Crippen molar-refractivity contribution in [1.82, 2.24) is 10.2 Å². The Morgan fingerprint density at radius 2 is 2.12 bits per heavy atom. The third kappa shape index (κ3) is 3.22. The van der Waals surface area contributed by atoms with E-state index in [4.69, 9.17) is 0 Å². The maximum atomic E-state index is 3.53. The van der Waals surface area contributed by atoms with E-state index in [-0.39, 0.29) is 0 Å². The van der Waals surface area contributed by atoms with Crippen molar-refractivity contribution in [3.63, 3.8) is 0 Å². The molecule has 1 heterocycles. The number of nitrogens with zero attached hydrogens (tertiary/aromatic N) is 1. The van der Waals surface area contributed by atoms with Gasteiger partial charge in [0.15, 0.2) is 0 Å². The molecule has 88 valence electrons. The fourth-order valence-electron chi connectivity index (χ4n) is 2.04. The molecule has 3 heteroatoms. The Kier molecular flexibility index (Phi) is 3.80. The molecule has 0 amide bonds. The van der Waals surface area contributed by atoms with Crippen LogP contribution < -0.4 is 10.6 Å². The molecule has 0 saturated carbocycles. The molecule has 0 bridgehead atoms. The van der Waals surface area contributed by atoms with E-state index in [9.17, 15) is 0 Å². The van der Waals surface area contributed by atoms with Gasteiger partial charge in [0.25, 0.3) is 0 Å². The van der Waals surface area contributed by atoms with Gasteiger partial charge in [0.1, 0.15) is 0 Å². The fraction of sp³-hybridized carbons (Fsp3) is 0.538. The number of rotatable bonds is 3. The normalized spacial score (nSPS) is 22.0. The molecule has 2 N–H and O–H groups in total. The van der Waals surface area contributed by atoms with Crippen molar-refractivity contribution in [2.24, 2.45) is 0 Å². The van der Waals surface area contributed by atoms with Crippen molar-refractivity contribution in [3.8, 4) is 0 Å². The van der Waals surface area contributed by atoms with Gasteiger partial charge >= 0.3 is 0 Å². The Balaban J connectivity index is 1.80. The van der Waals surface area contributed by atoms with E-state index in [0.29, 0.717) is 6.04 Å². The first-order chi connectivity index (χ1) is 7.74. The zero-order chi connectivity index (χ0) is 11.4. The summed E-state index contributed by atoms with van der Waals surface area (Å²) in [7, 11) is 2.18. The molecule has 1 fully saturated rings. The minimum atomic E-state index is 0.556. The standard InChI is InChI=1S/C13H21N3/c1-11-3-5-12(6-4-11)15-9-13-10-16(2)8-7-14-13/h3-6,13-15H,7-10H2,1-2H3. The van der Waals surface area contributed by atoms with Crippen LogP contribution in [0.4, 0.5) is 5.69 Å². The predicted octanol–water partition coefficient (Wildman–Crippen LogP) is 1.31. The van der Waals surface area contributed by atoms with E-state index < -0.39 is 0 Å². The van der Waals surface area contributed by atoms with Crippen LogP contribution in [0.1, 0.15) is 5.56 Å². The Morgan fingerprint density at radius 1 is 1.38 bits per heavy atom. The van der Waals surface area contributed by atoms with E-state index in [0.717, 1.165) is 26.2 Å². The summed E-state index contributed by atoms with van der Waals surface area (Å²) in [4.78, 5) is 2.37. The molecule has 3 nitrogen and oxygen atoms in total. The number of hydrogen-bond acceptors (Lipinski definition) is 3. The van der Waals surface area contributed by atoms with E-state index in [1.54, 1.807) is 0 Å². The molecule has 0 spiro atoms. The van der Waals surface area contributed by atoms with Crippen molar-refractivity contribution in [2.45, 2.75) is 13.0 Å². The molecule has 1 aliphatic heterocycles. The van der Waals surface area contributed by atoms with Gasteiger partial charge in [-0.25, -0.2) is 0 Å². The monoisotopic (exact) mass is 219 g/mol. The maximum absolute atomic E-state index is 3.53. The summed E-state index contributed by atoms with van der Waals surface area (Å²) >= 11 is 0. The van der Waals surface area contributed by atoms with E-state index in [2.05, 4.69) is 53.8 Å². The van der Waals surface area contributed by atoms with Crippen LogP contribution in [-0.2, 0) is 0 Å². The minimum absolute atomic E-state index is 0.556. The van der Waals surface area contributed by atoms with Gasteiger partial charge < -0.3 is 15.5 Å². The molecule has 1 aromatic rings. The molecule has 1 atom stereocenters. The highest BCUT2D eigenvalue weighted by Crippen LogP contribution is 2.08. The van der Waals surface area contributed by atoms with Gasteiger partial charge in [-0.2, -0.15) is 0 Å². The van der Waals surface area contributed by atoms with Gasteiger partial charge in [-0.1, -0.05) is 17.7 Å². The molecule has 0 radical (unpaired) electrons. The van der Waals surface area contributed by atoms with Crippen LogP contribution in [0.25, 0.3) is 0 Å². The molecule has 1 saturated heterocycles. The van der Waals surface area contributed by atoms with Crippen LogP contribution >= 0.6 is 0 Å². The molecular formula is C13H21N3. The highest BCUT2D eigenvalue weighted by atomic mass is 15.2. The lowest BCUT2D eigenvalue weighted by atomic mass is 10.2. The highest BCUT2D eigenvalue weighted by Gasteiger charge is 2.15. The van der Waals surface area contributed by atoms with Crippen molar-refractivity contribution in [2.75, 3.05) is 38.5 Å². The van der Waals surface area contributed by atoms with Crippen molar-refractivity contribution in [1.29, 1.82) is 0 Å². The fourth-order valence-corrected chi connectivity index (χ4v) is 2.04. The van der Waals surface area contributed by atoms with Gasteiger partial charge in [0.2, 0.25) is 0 Å². The average Bonchev–Trinajstić information content (AvgIpc) is 2.28. The molecule has 1 aromatic carbocycles. The first kappa shape index (κ1) is 11.4. The molecule has 1 unspecified atom stereocenters. The summed E-state index contributed by atoms with van der Waals surface area (Å²) in [6.45, 7) is 6.48. The zero-order valence-corrected chi connectivity index (χ0v) is 10.2. The first-order valence-corrected chi connectivity index (χ1v) is 5.96. The summed E-state index contributed by atoms with van der Waals surface area (Å²) in [5.74, 6) is 0. The van der Waals surface area contributed by atoms with Crippen LogP contribution in [-0.4, -0.2) is 44.2 Å². The van der Waals surface area contributed by atoms with E-state index in [1.807, 2.05) is 0 Å². The Hall–Kier alpha value is -1.06. The summed E-state index contributed by atoms with van der Waals surface area (Å²) in [6, 6.07) is 9.12. The number of nitrogens with one attached hydrogen (secondary N) is 2. The second-order valence-corrected chi connectivity index (χ2v) is 4.66. The molecule has 16 heavy (non-hydrogen) atoms. The van der Waals surface area contributed by atoms with Crippen LogP contribution in [0.2, 0.25) is 0 Å². The van der Waals surface area contributed by atoms with Crippen LogP contribution in [0.3, 0.4) is 0 Å². The second kappa shape index (κ2) is 5.32. The number of benzene rings is 1. The van der Waals surface area contributed by atoms with Crippen LogP contribution in [0.5, 0.6) is 0 Å². The van der Waals surface area contributed by atoms with E-state index in [1.165, 1.54) is 11.3 Å². The molecule has 2 rings (SSSR count). The quantitative estimate of drug-likeness (QED) is 0.802. The van der Waals surface area contributed by atoms with Crippen molar-refractivity contribution >= 4 is 5.69 Å². The molecule has 0 aliphatic carbocycles. The Morgan fingerprint density at radius 3 is 2.81 bits per heavy atom. The number of hydrogen-bond donors (Lipinski definition) is 2. The summed E-state index contributed by atoms with van der Waals surface area (Å²) in [5.41, 5.74) is 2.52. The van der Waals surface area contributed by atoms with E-state index >= 15 is 0 Å². The van der Waals surface area contributed by atoms with Gasteiger partial charge in [-0.15, -0.1) is 0 Å².